The molecule has 0 aromatic carbocycles. The van der Waals surface area contributed by atoms with Crippen molar-refractivity contribution in [3.05, 3.63) is 0 Å². The first-order valence-corrected chi connectivity index (χ1v) is 5.15. The largest absolute Gasteiger partial charge is 0.459 e. The first kappa shape index (κ1) is 12.9. The maximum absolute atomic E-state index is 11.6. The SMILES string of the molecule is CCOC(=O)C(=O)N1CC(OC)C(OC)C1. The highest BCUT2D eigenvalue weighted by Crippen LogP contribution is 2.15. The Kier molecular flexibility index (Phi) is 4.70. The van der Waals surface area contributed by atoms with Gasteiger partial charge in [0, 0.05) is 14.2 Å². The fourth-order valence-corrected chi connectivity index (χ4v) is 1.68. The predicted molar refractivity (Wildman–Crippen MR) is 54.8 cm³/mol. The second kappa shape index (κ2) is 5.81. The van der Waals surface area contributed by atoms with Gasteiger partial charge in [0.15, 0.2) is 0 Å². The van der Waals surface area contributed by atoms with Gasteiger partial charge in [0.05, 0.1) is 19.7 Å². The number of hydrogen-bond donors (Lipinski definition) is 0. The number of ether oxygens (including phenoxy) is 3. The van der Waals surface area contributed by atoms with Gasteiger partial charge in [-0.1, -0.05) is 0 Å². The van der Waals surface area contributed by atoms with Crippen LogP contribution in [0.1, 0.15) is 6.92 Å². The fourth-order valence-electron chi connectivity index (χ4n) is 1.68. The molecule has 6 heteroatoms. The molecule has 1 heterocycles. The van der Waals surface area contributed by atoms with E-state index in [1.807, 2.05) is 0 Å². The number of esters is 1. The highest BCUT2D eigenvalue weighted by Gasteiger charge is 2.38. The highest BCUT2D eigenvalue weighted by atomic mass is 16.5. The Morgan fingerprint density at radius 3 is 2.06 bits per heavy atom. The van der Waals surface area contributed by atoms with E-state index in [2.05, 4.69) is 4.74 Å². The summed E-state index contributed by atoms with van der Waals surface area (Å²) in [6.07, 6.45) is -0.383. The first-order valence-electron chi connectivity index (χ1n) is 5.15. The van der Waals surface area contributed by atoms with Crippen LogP contribution in [0.25, 0.3) is 0 Å². The summed E-state index contributed by atoms with van der Waals surface area (Å²) < 4.78 is 15.0. The number of carbonyl (C=O) groups excluding carboxylic acids is 2. The predicted octanol–water partition coefficient (Wildman–Crippen LogP) is -0.578. The van der Waals surface area contributed by atoms with Crippen LogP contribution in [0.3, 0.4) is 0 Å². The molecule has 0 aromatic rings. The normalized spacial score (nSPS) is 24.6. The molecule has 1 fully saturated rings. The van der Waals surface area contributed by atoms with E-state index in [4.69, 9.17) is 9.47 Å². The quantitative estimate of drug-likeness (QED) is 0.480. The fraction of sp³-hybridized carbons (Fsp3) is 0.800. The number of hydrogen-bond acceptors (Lipinski definition) is 5. The van der Waals surface area contributed by atoms with E-state index in [0.29, 0.717) is 13.1 Å². The second-order valence-corrected chi connectivity index (χ2v) is 3.48. The summed E-state index contributed by atoms with van der Waals surface area (Å²) in [5.74, 6) is -1.46. The maximum Gasteiger partial charge on any atom is 0.397 e. The number of methoxy groups -OCH3 is 2. The van der Waals surface area contributed by atoms with Crippen molar-refractivity contribution in [1.29, 1.82) is 0 Å². The third-order valence-electron chi connectivity index (χ3n) is 2.56. The number of rotatable bonds is 3. The molecule has 2 atom stereocenters. The summed E-state index contributed by atoms with van der Waals surface area (Å²) in [7, 11) is 3.10. The third kappa shape index (κ3) is 2.70. The van der Waals surface area contributed by atoms with Crippen molar-refractivity contribution in [2.45, 2.75) is 19.1 Å². The van der Waals surface area contributed by atoms with Crippen LogP contribution in [0.2, 0.25) is 0 Å². The number of carbonyl (C=O) groups is 2. The Labute approximate surface area is 94.4 Å². The van der Waals surface area contributed by atoms with Gasteiger partial charge in [-0.05, 0) is 6.92 Å². The Morgan fingerprint density at radius 1 is 1.19 bits per heavy atom. The standard InChI is InChI=1S/C10H17NO5/c1-4-16-10(13)9(12)11-5-7(14-2)8(6-11)15-3/h7-8H,4-6H2,1-3H3. The van der Waals surface area contributed by atoms with Crippen molar-refractivity contribution in [2.24, 2.45) is 0 Å². The second-order valence-electron chi connectivity index (χ2n) is 3.48. The van der Waals surface area contributed by atoms with Crippen LogP contribution in [-0.2, 0) is 23.8 Å². The van der Waals surface area contributed by atoms with Crippen molar-refractivity contribution >= 4 is 11.9 Å². The molecule has 1 amide bonds. The number of likely N-dealkylation sites (tertiary alicyclic amines) is 1. The van der Waals surface area contributed by atoms with Crippen LogP contribution < -0.4 is 0 Å². The molecule has 0 aromatic heterocycles. The molecule has 2 unspecified atom stereocenters. The summed E-state index contributed by atoms with van der Waals surface area (Å²) in [5, 5.41) is 0. The van der Waals surface area contributed by atoms with Gasteiger partial charge in [0.1, 0.15) is 12.2 Å². The number of amides is 1. The van der Waals surface area contributed by atoms with Gasteiger partial charge in [0.2, 0.25) is 0 Å². The molecule has 1 aliphatic heterocycles. The number of nitrogens with zero attached hydrogens (tertiary/aromatic N) is 1. The van der Waals surface area contributed by atoms with Gasteiger partial charge in [0.25, 0.3) is 0 Å². The molecule has 1 aliphatic rings. The summed E-state index contributed by atoms with van der Waals surface area (Å²) in [5.41, 5.74) is 0. The molecule has 0 saturated carbocycles. The molecule has 0 N–H and O–H groups in total. The van der Waals surface area contributed by atoms with Crippen molar-refractivity contribution in [2.75, 3.05) is 33.9 Å². The van der Waals surface area contributed by atoms with E-state index in [-0.39, 0.29) is 18.8 Å². The molecule has 0 radical (unpaired) electrons. The zero-order valence-corrected chi connectivity index (χ0v) is 9.76. The first-order chi connectivity index (χ1) is 7.63. The Balaban J connectivity index is 2.57. The molecule has 0 spiro atoms. The topological polar surface area (TPSA) is 65.1 Å². The van der Waals surface area contributed by atoms with Gasteiger partial charge < -0.3 is 19.1 Å². The molecule has 6 nitrogen and oxygen atoms in total. The van der Waals surface area contributed by atoms with E-state index < -0.39 is 11.9 Å². The lowest BCUT2D eigenvalue weighted by molar-refractivity contribution is -0.159. The Morgan fingerprint density at radius 2 is 1.69 bits per heavy atom. The molecule has 1 saturated heterocycles. The average Bonchev–Trinajstić information content (AvgIpc) is 2.71. The van der Waals surface area contributed by atoms with Gasteiger partial charge >= 0.3 is 11.9 Å². The molecular formula is C10H17NO5. The van der Waals surface area contributed by atoms with E-state index in [1.165, 1.54) is 4.90 Å². The zero-order chi connectivity index (χ0) is 12.1. The smallest absolute Gasteiger partial charge is 0.397 e. The zero-order valence-electron chi connectivity index (χ0n) is 9.76. The molecule has 0 bridgehead atoms. The van der Waals surface area contributed by atoms with Crippen LogP contribution in [0, 0.1) is 0 Å². The monoisotopic (exact) mass is 231 g/mol. The minimum absolute atomic E-state index is 0.191. The summed E-state index contributed by atoms with van der Waals surface area (Å²) >= 11 is 0. The van der Waals surface area contributed by atoms with Crippen LogP contribution in [0.15, 0.2) is 0 Å². The highest BCUT2D eigenvalue weighted by molar-refractivity contribution is 6.32. The molecule has 16 heavy (non-hydrogen) atoms. The average molecular weight is 231 g/mol. The van der Waals surface area contributed by atoms with Crippen LogP contribution in [0.4, 0.5) is 0 Å². The lowest BCUT2D eigenvalue weighted by Crippen LogP contribution is -2.36. The van der Waals surface area contributed by atoms with E-state index in [1.54, 1.807) is 21.1 Å². The Bertz CT molecular complexity index is 256. The molecule has 1 rings (SSSR count). The summed E-state index contributed by atoms with van der Waals surface area (Å²) in [4.78, 5) is 24.2. The van der Waals surface area contributed by atoms with Crippen LogP contribution >= 0.6 is 0 Å². The molecule has 0 aliphatic carbocycles. The van der Waals surface area contributed by atoms with Gasteiger partial charge in [-0.2, -0.15) is 0 Å². The third-order valence-corrected chi connectivity index (χ3v) is 2.56. The maximum atomic E-state index is 11.6. The van der Waals surface area contributed by atoms with E-state index >= 15 is 0 Å². The lowest BCUT2D eigenvalue weighted by atomic mass is 10.3. The van der Waals surface area contributed by atoms with Crippen molar-refractivity contribution < 1.29 is 23.8 Å². The van der Waals surface area contributed by atoms with Crippen molar-refractivity contribution in [3.63, 3.8) is 0 Å². The molecule has 92 valence electrons. The van der Waals surface area contributed by atoms with Crippen molar-refractivity contribution in [3.8, 4) is 0 Å². The summed E-state index contributed by atoms with van der Waals surface area (Å²) in [6, 6.07) is 0. The van der Waals surface area contributed by atoms with E-state index in [0.717, 1.165) is 0 Å². The minimum atomic E-state index is -0.825. The van der Waals surface area contributed by atoms with Gasteiger partial charge in [-0.15, -0.1) is 0 Å². The summed E-state index contributed by atoms with van der Waals surface area (Å²) in [6.45, 7) is 2.56. The van der Waals surface area contributed by atoms with Crippen LogP contribution in [-0.4, -0.2) is 62.9 Å². The molecular weight excluding hydrogens is 214 g/mol. The van der Waals surface area contributed by atoms with Crippen molar-refractivity contribution in [1.82, 2.24) is 4.90 Å². The minimum Gasteiger partial charge on any atom is -0.459 e. The van der Waals surface area contributed by atoms with Gasteiger partial charge in [-0.3, -0.25) is 4.79 Å². The van der Waals surface area contributed by atoms with Gasteiger partial charge in [-0.25, -0.2) is 4.79 Å². The lowest BCUT2D eigenvalue weighted by Gasteiger charge is -2.13. The Hall–Kier alpha value is -1.14. The van der Waals surface area contributed by atoms with E-state index in [9.17, 15) is 9.59 Å². The van der Waals surface area contributed by atoms with Crippen LogP contribution in [0.5, 0.6) is 0 Å².